The van der Waals surface area contributed by atoms with Crippen LogP contribution >= 0.6 is 0 Å². The van der Waals surface area contributed by atoms with Gasteiger partial charge >= 0.3 is 0 Å². The highest BCUT2D eigenvalue weighted by Gasteiger charge is 2.33. The Morgan fingerprint density at radius 1 is 1.30 bits per heavy atom. The molecule has 1 heterocycles. The van der Waals surface area contributed by atoms with Crippen LogP contribution in [0.25, 0.3) is 0 Å². The van der Waals surface area contributed by atoms with Crippen LogP contribution in [0.3, 0.4) is 0 Å². The maximum Gasteiger partial charge on any atom is 0.225 e. The van der Waals surface area contributed by atoms with Crippen molar-refractivity contribution in [3.05, 3.63) is 47.5 Å². The Labute approximate surface area is 137 Å². The molecule has 1 saturated heterocycles. The van der Waals surface area contributed by atoms with Crippen molar-refractivity contribution in [1.29, 1.82) is 0 Å². The monoisotopic (exact) mass is 312 g/mol. The molecule has 1 unspecified atom stereocenters. The summed E-state index contributed by atoms with van der Waals surface area (Å²) in [6, 6.07) is 6.52. The average molecular weight is 312 g/mol. The largest absolute Gasteiger partial charge is 0.352 e. The number of fused-ring (bicyclic) bond motifs is 1. The van der Waals surface area contributed by atoms with E-state index in [1.54, 1.807) is 11.0 Å². The summed E-state index contributed by atoms with van der Waals surface area (Å²) in [5.41, 5.74) is 4.02. The van der Waals surface area contributed by atoms with Crippen molar-refractivity contribution in [3.63, 3.8) is 0 Å². The van der Waals surface area contributed by atoms with Gasteiger partial charge in [-0.1, -0.05) is 24.3 Å². The second-order valence-electron chi connectivity index (χ2n) is 6.52. The highest BCUT2D eigenvalue weighted by atomic mass is 16.2. The van der Waals surface area contributed by atoms with Gasteiger partial charge in [0.25, 0.3) is 0 Å². The Morgan fingerprint density at radius 3 is 2.87 bits per heavy atom. The average Bonchev–Trinajstić information content (AvgIpc) is 2.94. The van der Waals surface area contributed by atoms with Gasteiger partial charge in [0, 0.05) is 26.1 Å². The number of aryl methyl sites for hydroxylation is 2. The molecular formula is C19H24N2O2. The molecule has 0 radical (unpaired) electrons. The number of carbonyl (C=O) groups is 2. The first-order valence-corrected chi connectivity index (χ1v) is 8.44. The molecule has 1 fully saturated rings. The molecule has 0 bridgehead atoms. The Kier molecular flexibility index (Phi) is 4.79. The summed E-state index contributed by atoms with van der Waals surface area (Å²) in [5.74, 6) is -0.221. The smallest absolute Gasteiger partial charge is 0.225 e. The van der Waals surface area contributed by atoms with E-state index in [4.69, 9.17) is 0 Å². The van der Waals surface area contributed by atoms with Crippen LogP contribution in [-0.2, 0) is 29.0 Å². The highest BCUT2D eigenvalue weighted by Crippen LogP contribution is 2.22. The Morgan fingerprint density at radius 2 is 2.09 bits per heavy atom. The van der Waals surface area contributed by atoms with Crippen molar-refractivity contribution >= 4 is 11.8 Å². The van der Waals surface area contributed by atoms with Crippen LogP contribution in [0.15, 0.2) is 30.9 Å². The minimum absolute atomic E-state index is 0.0253. The normalized spacial score (nSPS) is 20.3. The predicted octanol–water partition coefficient (Wildman–Crippen LogP) is 2.22. The molecule has 1 N–H and O–H groups in total. The summed E-state index contributed by atoms with van der Waals surface area (Å²) in [5, 5.41) is 2.99. The number of rotatable bonds is 5. The van der Waals surface area contributed by atoms with Crippen molar-refractivity contribution in [1.82, 2.24) is 10.2 Å². The van der Waals surface area contributed by atoms with E-state index in [1.807, 2.05) is 0 Å². The molecule has 1 aromatic carbocycles. The third kappa shape index (κ3) is 3.63. The topological polar surface area (TPSA) is 49.4 Å². The van der Waals surface area contributed by atoms with Crippen LogP contribution in [0.2, 0.25) is 0 Å². The van der Waals surface area contributed by atoms with Gasteiger partial charge in [-0.15, -0.1) is 6.58 Å². The number of amides is 2. The molecule has 1 aliphatic carbocycles. The van der Waals surface area contributed by atoms with Gasteiger partial charge in [-0.3, -0.25) is 9.59 Å². The van der Waals surface area contributed by atoms with Gasteiger partial charge in [0.1, 0.15) is 0 Å². The number of likely N-dealkylation sites (tertiary alicyclic amines) is 1. The summed E-state index contributed by atoms with van der Waals surface area (Å²) in [4.78, 5) is 25.8. The van der Waals surface area contributed by atoms with Crippen molar-refractivity contribution in [3.8, 4) is 0 Å². The van der Waals surface area contributed by atoms with Crippen LogP contribution in [0.4, 0.5) is 0 Å². The van der Waals surface area contributed by atoms with Crippen LogP contribution in [-0.4, -0.2) is 29.8 Å². The maximum absolute atomic E-state index is 12.3. The second kappa shape index (κ2) is 6.99. The van der Waals surface area contributed by atoms with Crippen LogP contribution in [0.1, 0.15) is 36.0 Å². The number of hydrogen-bond acceptors (Lipinski definition) is 2. The van der Waals surface area contributed by atoms with Crippen molar-refractivity contribution in [2.24, 2.45) is 5.92 Å². The third-order valence-electron chi connectivity index (χ3n) is 4.81. The fourth-order valence-electron chi connectivity index (χ4n) is 3.51. The Hall–Kier alpha value is -2.10. The molecule has 1 aromatic rings. The van der Waals surface area contributed by atoms with Crippen molar-refractivity contribution in [2.75, 3.05) is 13.1 Å². The lowest BCUT2D eigenvalue weighted by molar-refractivity contribution is -0.128. The first kappa shape index (κ1) is 15.8. The number of benzene rings is 1. The van der Waals surface area contributed by atoms with Gasteiger partial charge in [-0.05, 0) is 42.4 Å². The van der Waals surface area contributed by atoms with E-state index in [0.717, 1.165) is 12.0 Å². The molecule has 4 nitrogen and oxygen atoms in total. The standard InChI is InChI=1S/C19H24N2O2/c1-2-9-21-13-17(11-18(21)22)19(23)20-12-14-7-8-15-5-3-4-6-16(15)10-14/h2,7-8,10,17H,1,3-6,9,11-13H2,(H,20,23). The number of nitrogens with one attached hydrogen (secondary N) is 1. The zero-order valence-electron chi connectivity index (χ0n) is 13.5. The van der Waals surface area contributed by atoms with Gasteiger partial charge in [-0.2, -0.15) is 0 Å². The molecule has 3 rings (SSSR count). The van der Waals surface area contributed by atoms with E-state index in [2.05, 4.69) is 30.1 Å². The first-order chi connectivity index (χ1) is 11.2. The van der Waals surface area contributed by atoms with E-state index in [1.165, 1.54) is 30.4 Å². The van der Waals surface area contributed by atoms with E-state index >= 15 is 0 Å². The molecule has 4 heteroatoms. The summed E-state index contributed by atoms with van der Waals surface area (Å²) >= 11 is 0. The third-order valence-corrected chi connectivity index (χ3v) is 4.81. The van der Waals surface area contributed by atoms with E-state index in [-0.39, 0.29) is 17.7 Å². The highest BCUT2D eigenvalue weighted by molar-refractivity contribution is 5.89. The van der Waals surface area contributed by atoms with E-state index in [0.29, 0.717) is 26.1 Å². The Balaban J connectivity index is 1.55. The fraction of sp³-hybridized carbons (Fsp3) is 0.474. The van der Waals surface area contributed by atoms with Crippen molar-refractivity contribution < 1.29 is 9.59 Å². The van der Waals surface area contributed by atoms with Gasteiger partial charge in [0.15, 0.2) is 0 Å². The van der Waals surface area contributed by atoms with Gasteiger partial charge < -0.3 is 10.2 Å². The Bertz CT molecular complexity index is 624. The molecule has 0 aromatic heterocycles. The molecule has 122 valence electrons. The minimum atomic E-state index is -0.236. The van der Waals surface area contributed by atoms with Gasteiger partial charge in [-0.25, -0.2) is 0 Å². The summed E-state index contributed by atoms with van der Waals surface area (Å²) in [6.45, 7) is 5.21. The summed E-state index contributed by atoms with van der Waals surface area (Å²) in [6.07, 6.45) is 6.86. The number of hydrogen-bond donors (Lipinski definition) is 1. The molecule has 1 atom stereocenters. The summed E-state index contributed by atoms with van der Waals surface area (Å²) in [7, 11) is 0. The molecular weight excluding hydrogens is 288 g/mol. The SMILES string of the molecule is C=CCN1CC(C(=O)NCc2ccc3c(c2)CCCC3)CC1=O. The maximum atomic E-state index is 12.3. The zero-order chi connectivity index (χ0) is 16.2. The zero-order valence-corrected chi connectivity index (χ0v) is 13.5. The number of nitrogens with zero attached hydrogens (tertiary/aromatic N) is 1. The van der Waals surface area contributed by atoms with Gasteiger partial charge in [0.05, 0.1) is 5.92 Å². The van der Waals surface area contributed by atoms with E-state index in [9.17, 15) is 9.59 Å². The molecule has 0 spiro atoms. The first-order valence-electron chi connectivity index (χ1n) is 8.44. The summed E-state index contributed by atoms with van der Waals surface area (Å²) < 4.78 is 0. The number of carbonyl (C=O) groups excluding carboxylic acids is 2. The van der Waals surface area contributed by atoms with Crippen molar-refractivity contribution in [2.45, 2.75) is 38.6 Å². The fourth-order valence-corrected chi connectivity index (χ4v) is 3.51. The quantitative estimate of drug-likeness (QED) is 0.848. The van der Waals surface area contributed by atoms with Crippen LogP contribution < -0.4 is 5.32 Å². The van der Waals surface area contributed by atoms with Gasteiger partial charge in [0.2, 0.25) is 11.8 Å². The van der Waals surface area contributed by atoms with E-state index < -0.39 is 0 Å². The lowest BCUT2D eigenvalue weighted by atomic mass is 9.90. The van der Waals surface area contributed by atoms with Crippen LogP contribution in [0, 0.1) is 5.92 Å². The molecule has 23 heavy (non-hydrogen) atoms. The molecule has 1 aliphatic heterocycles. The predicted molar refractivity (Wildman–Crippen MR) is 89.8 cm³/mol. The van der Waals surface area contributed by atoms with Crippen LogP contribution in [0.5, 0.6) is 0 Å². The lowest BCUT2D eigenvalue weighted by Gasteiger charge is -2.17. The molecule has 0 saturated carbocycles. The molecule has 2 amide bonds. The second-order valence-corrected chi connectivity index (χ2v) is 6.52. The minimum Gasteiger partial charge on any atom is -0.352 e. The molecule has 2 aliphatic rings. The lowest BCUT2D eigenvalue weighted by Crippen LogP contribution is -2.32.